The Morgan fingerprint density at radius 2 is 2.43 bits per heavy atom. The molecule has 7 heavy (non-hydrogen) atoms. The van der Waals surface area contributed by atoms with Crippen molar-refractivity contribution in [1.82, 2.24) is 0 Å². The molecule has 0 aromatic rings. The number of rotatable bonds is 2. The summed E-state index contributed by atoms with van der Waals surface area (Å²) in [4.78, 5) is 0. The normalized spacial score (nSPS) is 11.3. The highest BCUT2D eigenvalue weighted by Gasteiger charge is 1.78. The largest absolute Gasteiger partial charge is 0.479 e. The monoisotopic (exact) mass is 102 g/mol. The Hall–Kier alpha value is -0.860. The summed E-state index contributed by atoms with van der Waals surface area (Å²) in [6.07, 6.45) is 1.23. The van der Waals surface area contributed by atoms with Crippen molar-refractivity contribution in [3.8, 4) is 0 Å². The maximum absolute atomic E-state index is 5.10. The number of nitrogens with two attached hydrogens (primary N) is 2. The van der Waals surface area contributed by atoms with Gasteiger partial charge in [0.2, 0.25) is 0 Å². The van der Waals surface area contributed by atoms with Gasteiger partial charge in [0, 0.05) is 0 Å². The number of hydrogen-bond acceptors (Lipinski definition) is 3. The minimum atomic E-state index is 0.280. The van der Waals surface area contributed by atoms with Gasteiger partial charge in [-0.25, -0.2) is 0 Å². The first-order valence-electron chi connectivity index (χ1n) is 2.11. The minimum Gasteiger partial charge on any atom is -0.479 e. The molecule has 0 amide bonds. The molecule has 3 heteroatoms. The zero-order valence-electron chi connectivity index (χ0n) is 4.35. The van der Waals surface area contributed by atoms with Gasteiger partial charge in [-0.2, -0.15) is 0 Å². The average Bonchev–Trinajstić information content (AvgIpc) is 1.68. The summed E-state index contributed by atoms with van der Waals surface area (Å²) in [5, 5.41) is 0. The molecule has 0 aromatic heterocycles. The maximum atomic E-state index is 5.10. The van der Waals surface area contributed by atoms with E-state index in [0.29, 0.717) is 6.61 Å². The summed E-state index contributed by atoms with van der Waals surface area (Å²) in [7, 11) is 0. The van der Waals surface area contributed by atoms with E-state index in [1.807, 2.05) is 6.92 Å². The summed E-state index contributed by atoms with van der Waals surface area (Å²) in [6.45, 7) is 2.41. The summed E-state index contributed by atoms with van der Waals surface area (Å²) in [5.41, 5.74) is 10.0. The predicted octanol–water partition coefficient (Wildman–Crippen LogP) is -0.261. The van der Waals surface area contributed by atoms with Crippen LogP contribution in [0.3, 0.4) is 0 Å². The van der Waals surface area contributed by atoms with Crippen molar-refractivity contribution in [2.45, 2.75) is 6.92 Å². The lowest BCUT2D eigenvalue weighted by Gasteiger charge is -1.97. The van der Waals surface area contributed by atoms with Gasteiger partial charge in [0.25, 0.3) is 0 Å². The van der Waals surface area contributed by atoms with Crippen molar-refractivity contribution >= 4 is 0 Å². The SMILES string of the molecule is CCO/C(N)=C/N. The van der Waals surface area contributed by atoms with Crippen molar-refractivity contribution < 1.29 is 4.74 Å². The van der Waals surface area contributed by atoms with Gasteiger partial charge < -0.3 is 16.2 Å². The van der Waals surface area contributed by atoms with E-state index in [2.05, 4.69) is 0 Å². The molecule has 3 nitrogen and oxygen atoms in total. The lowest BCUT2D eigenvalue weighted by atomic mass is 10.8. The minimum absolute atomic E-state index is 0.280. The molecule has 4 N–H and O–H groups in total. The molecular formula is C4H10N2O. The average molecular weight is 102 g/mol. The summed E-state index contributed by atoms with van der Waals surface area (Å²) in [5.74, 6) is 0.280. The van der Waals surface area contributed by atoms with Gasteiger partial charge in [-0.1, -0.05) is 0 Å². The van der Waals surface area contributed by atoms with Gasteiger partial charge >= 0.3 is 0 Å². The molecule has 0 radical (unpaired) electrons. The molecule has 0 spiro atoms. The zero-order valence-corrected chi connectivity index (χ0v) is 4.35. The van der Waals surface area contributed by atoms with Crippen LogP contribution in [0.2, 0.25) is 0 Å². The highest BCUT2D eigenvalue weighted by atomic mass is 16.5. The molecule has 0 fully saturated rings. The van der Waals surface area contributed by atoms with E-state index in [0.717, 1.165) is 0 Å². The van der Waals surface area contributed by atoms with E-state index in [1.54, 1.807) is 0 Å². The van der Waals surface area contributed by atoms with Crippen molar-refractivity contribution in [3.63, 3.8) is 0 Å². The van der Waals surface area contributed by atoms with E-state index in [4.69, 9.17) is 16.2 Å². The van der Waals surface area contributed by atoms with Crippen LogP contribution in [0.4, 0.5) is 0 Å². The van der Waals surface area contributed by atoms with Crippen molar-refractivity contribution in [3.05, 3.63) is 12.1 Å². The molecular weight excluding hydrogens is 92.1 g/mol. The fourth-order valence-electron chi connectivity index (χ4n) is 0.215. The maximum Gasteiger partial charge on any atom is 0.200 e. The predicted molar refractivity (Wildman–Crippen MR) is 28.1 cm³/mol. The Morgan fingerprint density at radius 1 is 1.86 bits per heavy atom. The van der Waals surface area contributed by atoms with Crippen LogP contribution in [0.15, 0.2) is 12.1 Å². The first-order chi connectivity index (χ1) is 3.31. The molecule has 0 aromatic carbocycles. The molecule has 0 saturated heterocycles. The van der Waals surface area contributed by atoms with Crippen LogP contribution in [0.1, 0.15) is 6.92 Å². The Bertz CT molecular complexity index is 70.1. The van der Waals surface area contributed by atoms with Gasteiger partial charge in [0.1, 0.15) is 0 Å². The van der Waals surface area contributed by atoms with E-state index in [9.17, 15) is 0 Å². The lowest BCUT2D eigenvalue weighted by molar-refractivity contribution is 0.225. The Morgan fingerprint density at radius 3 is 2.57 bits per heavy atom. The molecule has 0 atom stereocenters. The van der Waals surface area contributed by atoms with Crippen LogP contribution in [0.25, 0.3) is 0 Å². The first kappa shape index (κ1) is 6.14. The summed E-state index contributed by atoms with van der Waals surface area (Å²) >= 11 is 0. The topological polar surface area (TPSA) is 61.3 Å². The standard InChI is InChI=1S/C4H10N2O/c1-2-7-4(6)3-5/h3H,2,5-6H2,1H3/b4-3+. The van der Waals surface area contributed by atoms with Crippen molar-refractivity contribution in [2.75, 3.05) is 6.61 Å². The third-order valence-electron chi connectivity index (χ3n) is 0.475. The van der Waals surface area contributed by atoms with Gasteiger partial charge in [-0.3, -0.25) is 0 Å². The van der Waals surface area contributed by atoms with Crippen molar-refractivity contribution in [2.24, 2.45) is 11.5 Å². The molecule has 0 aliphatic carbocycles. The fourth-order valence-corrected chi connectivity index (χ4v) is 0.215. The van der Waals surface area contributed by atoms with Crippen LogP contribution in [0, 0.1) is 0 Å². The van der Waals surface area contributed by atoms with E-state index in [-0.39, 0.29) is 5.88 Å². The summed E-state index contributed by atoms with van der Waals surface area (Å²) < 4.78 is 4.70. The van der Waals surface area contributed by atoms with Crippen LogP contribution < -0.4 is 11.5 Å². The second kappa shape index (κ2) is 3.33. The highest BCUT2D eigenvalue weighted by molar-refractivity contribution is 4.80. The Kier molecular flexibility index (Phi) is 2.92. The molecule has 42 valence electrons. The highest BCUT2D eigenvalue weighted by Crippen LogP contribution is 1.79. The van der Waals surface area contributed by atoms with E-state index < -0.39 is 0 Å². The van der Waals surface area contributed by atoms with Gasteiger partial charge in [-0.05, 0) is 6.92 Å². The summed E-state index contributed by atoms with van der Waals surface area (Å²) in [6, 6.07) is 0. The molecule has 0 saturated carbocycles. The smallest absolute Gasteiger partial charge is 0.200 e. The molecule has 0 unspecified atom stereocenters. The van der Waals surface area contributed by atoms with Crippen LogP contribution in [-0.4, -0.2) is 6.61 Å². The molecule has 0 bridgehead atoms. The van der Waals surface area contributed by atoms with E-state index >= 15 is 0 Å². The van der Waals surface area contributed by atoms with Crippen LogP contribution in [-0.2, 0) is 4.74 Å². The first-order valence-corrected chi connectivity index (χ1v) is 2.11. The second-order valence-electron chi connectivity index (χ2n) is 1.00. The van der Waals surface area contributed by atoms with Crippen molar-refractivity contribution in [1.29, 1.82) is 0 Å². The number of hydrogen-bond donors (Lipinski definition) is 2. The molecule has 0 aliphatic rings. The third-order valence-corrected chi connectivity index (χ3v) is 0.475. The lowest BCUT2D eigenvalue weighted by Crippen LogP contribution is -2.04. The Balaban J connectivity index is 3.17. The molecule has 0 aliphatic heterocycles. The second-order valence-corrected chi connectivity index (χ2v) is 1.00. The fraction of sp³-hybridized carbons (Fsp3) is 0.500. The van der Waals surface area contributed by atoms with Crippen LogP contribution >= 0.6 is 0 Å². The van der Waals surface area contributed by atoms with Gasteiger partial charge in [0.15, 0.2) is 5.88 Å². The zero-order chi connectivity index (χ0) is 5.70. The van der Waals surface area contributed by atoms with Crippen LogP contribution in [0.5, 0.6) is 0 Å². The quantitative estimate of drug-likeness (QED) is 0.472. The van der Waals surface area contributed by atoms with Gasteiger partial charge in [-0.15, -0.1) is 0 Å². The Labute approximate surface area is 42.9 Å². The molecule has 0 rings (SSSR count). The third kappa shape index (κ3) is 2.96. The van der Waals surface area contributed by atoms with Gasteiger partial charge in [0.05, 0.1) is 12.8 Å². The number of ether oxygens (including phenoxy) is 1. The van der Waals surface area contributed by atoms with E-state index in [1.165, 1.54) is 6.20 Å². The molecule has 0 heterocycles.